The van der Waals surface area contributed by atoms with Gasteiger partial charge in [-0.05, 0) is 69.6 Å². The van der Waals surface area contributed by atoms with Crippen molar-refractivity contribution in [2.24, 2.45) is 17.3 Å². The highest BCUT2D eigenvalue weighted by Gasteiger charge is 2.52. The molecule has 3 rings (SSSR count). The number of hydrogen-bond donors (Lipinski definition) is 1. The molecule has 2 saturated carbocycles. The molecule has 0 radical (unpaired) electrons. The summed E-state index contributed by atoms with van der Waals surface area (Å²) in [4.78, 5) is 0. The Bertz CT molecular complexity index is 351. The van der Waals surface area contributed by atoms with Crippen LogP contribution in [0.3, 0.4) is 0 Å². The Morgan fingerprint density at radius 2 is 2.00 bits per heavy atom. The van der Waals surface area contributed by atoms with Crippen LogP contribution in [0.1, 0.15) is 72.6 Å². The summed E-state index contributed by atoms with van der Waals surface area (Å²) in [7, 11) is 0. The summed E-state index contributed by atoms with van der Waals surface area (Å²) in [6, 6.07) is 0.604. The zero-order chi connectivity index (χ0) is 14.4. The molecule has 1 N–H and O–H groups in total. The molecule has 2 nitrogen and oxygen atoms in total. The predicted molar refractivity (Wildman–Crippen MR) is 83.8 cm³/mol. The highest BCUT2D eigenvalue weighted by atomic mass is 16.5. The second-order valence-corrected chi connectivity index (χ2v) is 8.72. The van der Waals surface area contributed by atoms with E-state index in [0.717, 1.165) is 11.8 Å². The number of hydrogen-bond acceptors (Lipinski definition) is 2. The molecule has 4 atom stereocenters. The maximum atomic E-state index is 6.32. The van der Waals surface area contributed by atoms with Gasteiger partial charge in [0.15, 0.2) is 0 Å². The van der Waals surface area contributed by atoms with Gasteiger partial charge in [0.2, 0.25) is 0 Å². The normalized spacial score (nSPS) is 42.8. The Morgan fingerprint density at radius 3 is 2.50 bits per heavy atom. The van der Waals surface area contributed by atoms with Gasteiger partial charge in [0.25, 0.3) is 0 Å². The van der Waals surface area contributed by atoms with E-state index in [1.165, 1.54) is 51.5 Å². The molecule has 1 aliphatic heterocycles. The second kappa shape index (κ2) is 5.28. The first-order valence-corrected chi connectivity index (χ1v) is 8.80. The maximum absolute atomic E-state index is 6.32. The fourth-order valence-electron chi connectivity index (χ4n) is 5.18. The van der Waals surface area contributed by atoms with E-state index in [1.54, 1.807) is 0 Å². The number of ether oxygens (including phenoxy) is 1. The zero-order valence-corrected chi connectivity index (χ0v) is 13.9. The van der Waals surface area contributed by atoms with Crippen molar-refractivity contribution in [1.29, 1.82) is 0 Å². The SMILES string of the molecule is CC(C)NCC1(CC2CCC(C)(C)O2)CC2CCC1C2. The minimum absolute atomic E-state index is 0.120. The maximum Gasteiger partial charge on any atom is 0.0631 e. The minimum Gasteiger partial charge on any atom is -0.372 e. The van der Waals surface area contributed by atoms with Crippen LogP contribution < -0.4 is 5.32 Å². The molecule has 20 heavy (non-hydrogen) atoms. The third-order valence-electron chi connectivity index (χ3n) is 6.15. The highest BCUT2D eigenvalue weighted by molar-refractivity contribution is 5.03. The zero-order valence-electron chi connectivity index (χ0n) is 13.9. The lowest BCUT2D eigenvalue weighted by Gasteiger charge is -2.40. The smallest absolute Gasteiger partial charge is 0.0631 e. The van der Waals surface area contributed by atoms with E-state index >= 15 is 0 Å². The molecule has 1 saturated heterocycles. The first kappa shape index (κ1) is 14.8. The summed E-state index contributed by atoms with van der Waals surface area (Å²) in [5.74, 6) is 1.98. The topological polar surface area (TPSA) is 21.3 Å². The highest BCUT2D eigenvalue weighted by Crippen LogP contribution is 2.58. The van der Waals surface area contributed by atoms with Gasteiger partial charge in [-0.15, -0.1) is 0 Å². The first-order valence-electron chi connectivity index (χ1n) is 8.80. The molecule has 1 heterocycles. The quantitative estimate of drug-likeness (QED) is 0.816. The van der Waals surface area contributed by atoms with Gasteiger partial charge in [0, 0.05) is 12.6 Å². The summed E-state index contributed by atoms with van der Waals surface area (Å²) >= 11 is 0. The largest absolute Gasteiger partial charge is 0.372 e. The Kier molecular flexibility index (Phi) is 3.92. The second-order valence-electron chi connectivity index (χ2n) is 8.72. The monoisotopic (exact) mass is 279 g/mol. The van der Waals surface area contributed by atoms with E-state index in [2.05, 4.69) is 33.0 Å². The van der Waals surface area contributed by atoms with Crippen molar-refractivity contribution in [3.05, 3.63) is 0 Å². The van der Waals surface area contributed by atoms with Crippen LogP contribution in [0.25, 0.3) is 0 Å². The van der Waals surface area contributed by atoms with Gasteiger partial charge >= 0.3 is 0 Å². The van der Waals surface area contributed by atoms with Crippen molar-refractivity contribution >= 4 is 0 Å². The lowest BCUT2D eigenvalue weighted by molar-refractivity contribution is -0.0444. The molecule has 0 aromatic heterocycles. The van der Waals surface area contributed by atoms with Crippen LogP contribution in [-0.2, 0) is 4.74 Å². The van der Waals surface area contributed by atoms with E-state index in [0.29, 0.717) is 17.6 Å². The molecule has 4 unspecified atom stereocenters. The molecule has 0 amide bonds. The average molecular weight is 279 g/mol. The third-order valence-corrected chi connectivity index (χ3v) is 6.15. The molecule has 2 bridgehead atoms. The van der Waals surface area contributed by atoms with Crippen LogP contribution in [0.2, 0.25) is 0 Å². The first-order chi connectivity index (χ1) is 9.39. The molecule has 3 aliphatic rings. The third kappa shape index (κ3) is 2.92. The Balaban J connectivity index is 1.67. The molecule has 2 heteroatoms. The summed E-state index contributed by atoms with van der Waals surface area (Å²) in [5.41, 5.74) is 0.660. The van der Waals surface area contributed by atoms with E-state index in [1.807, 2.05) is 0 Å². The van der Waals surface area contributed by atoms with Gasteiger partial charge in [0.05, 0.1) is 11.7 Å². The number of nitrogens with one attached hydrogen (secondary N) is 1. The minimum atomic E-state index is 0.120. The van der Waals surface area contributed by atoms with Crippen molar-refractivity contribution in [1.82, 2.24) is 5.32 Å². The average Bonchev–Trinajstić information content (AvgIpc) is 3.02. The van der Waals surface area contributed by atoms with Gasteiger partial charge in [-0.3, -0.25) is 0 Å². The van der Waals surface area contributed by atoms with E-state index in [9.17, 15) is 0 Å². The van der Waals surface area contributed by atoms with Crippen molar-refractivity contribution in [2.45, 2.75) is 90.4 Å². The predicted octanol–water partition coefficient (Wildman–Crippen LogP) is 4.14. The van der Waals surface area contributed by atoms with Crippen LogP contribution in [0, 0.1) is 17.3 Å². The van der Waals surface area contributed by atoms with Crippen LogP contribution in [0.5, 0.6) is 0 Å². The van der Waals surface area contributed by atoms with Crippen molar-refractivity contribution < 1.29 is 4.74 Å². The Hall–Kier alpha value is -0.0800. The van der Waals surface area contributed by atoms with Crippen LogP contribution in [0.15, 0.2) is 0 Å². The summed E-state index contributed by atoms with van der Waals surface area (Å²) in [6.07, 6.45) is 10.2. The molecule has 0 aromatic carbocycles. The fourth-order valence-corrected chi connectivity index (χ4v) is 5.18. The fraction of sp³-hybridized carbons (Fsp3) is 1.00. The molecule has 0 aromatic rings. The molecular weight excluding hydrogens is 246 g/mol. The molecule has 2 aliphatic carbocycles. The summed E-state index contributed by atoms with van der Waals surface area (Å²) < 4.78 is 6.32. The molecule has 3 fully saturated rings. The van der Waals surface area contributed by atoms with E-state index < -0.39 is 0 Å². The van der Waals surface area contributed by atoms with Gasteiger partial charge < -0.3 is 10.1 Å². The van der Waals surface area contributed by atoms with Crippen molar-refractivity contribution in [2.75, 3.05) is 6.54 Å². The van der Waals surface area contributed by atoms with E-state index in [4.69, 9.17) is 4.74 Å². The lowest BCUT2D eigenvalue weighted by atomic mass is 9.69. The standard InChI is InChI=1S/C18H33NO/c1-13(2)19-12-18(10-14-5-6-15(18)9-14)11-16-7-8-17(3,4)20-16/h13-16,19H,5-12H2,1-4H3. The summed E-state index contributed by atoms with van der Waals surface area (Å²) in [6.45, 7) is 10.3. The lowest BCUT2D eigenvalue weighted by Crippen LogP contribution is -2.43. The van der Waals surface area contributed by atoms with Gasteiger partial charge in [-0.1, -0.05) is 20.3 Å². The number of rotatable bonds is 5. The van der Waals surface area contributed by atoms with E-state index in [-0.39, 0.29) is 5.60 Å². The Morgan fingerprint density at radius 1 is 1.20 bits per heavy atom. The van der Waals surface area contributed by atoms with Crippen molar-refractivity contribution in [3.8, 4) is 0 Å². The van der Waals surface area contributed by atoms with Gasteiger partial charge in [-0.2, -0.15) is 0 Å². The molecular formula is C18H33NO. The van der Waals surface area contributed by atoms with Gasteiger partial charge in [-0.25, -0.2) is 0 Å². The van der Waals surface area contributed by atoms with Gasteiger partial charge in [0.1, 0.15) is 0 Å². The Labute approximate surface area is 125 Å². The van der Waals surface area contributed by atoms with Crippen LogP contribution >= 0.6 is 0 Å². The molecule has 0 spiro atoms. The van der Waals surface area contributed by atoms with Crippen molar-refractivity contribution in [3.63, 3.8) is 0 Å². The number of fused-ring (bicyclic) bond motifs is 2. The van der Waals surface area contributed by atoms with Crippen LogP contribution in [0.4, 0.5) is 0 Å². The summed E-state index contributed by atoms with van der Waals surface area (Å²) in [5, 5.41) is 3.75. The van der Waals surface area contributed by atoms with Crippen LogP contribution in [-0.4, -0.2) is 24.3 Å². The molecule has 116 valence electrons.